The van der Waals surface area contributed by atoms with Crippen LogP contribution in [0.2, 0.25) is 0 Å². The van der Waals surface area contributed by atoms with Gasteiger partial charge in [0, 0.05) is 17.5 Å². The third kappa shape index (κ3) is 3.84. The van der Waals surface area contributed by atoms with Crippen LogP contribution in [0.1, 0.15) is 23.7 Å². The average molecular weight is 263 g/mol. The van der Waals surface area contributed by atoms with Crippen LogP contribution in [0.5, 0.6) is 0 Å². The summed E-state index contributed by atoms with van der Waals surface area (Å²) in [5.74, 6) is 0.836. The van der Waals surface area contributed by atoms with Crippen LogP contribution in [0.15, 0.2) is 46.4 Å². The summed E-state index contributed by atoms with van der Waals surface area (Å²) in [5.41, 5.74) is 0. The predicted molar refractivity (Wildman–Crippen MR) is 74.5 cm³/mol. The van der Waals surface area contributed by atoms with E-state index in [0.717, 1.165) is 10.6 Å². The minimum Gasteiger partial charge on any atom is -0.465 e. The molecule has 0 fully saturated rings. The van der Waals surface area contributed by atoms with Crippen molar-refractivity contribution in [1.29, 1.82) is 0 Å². The van der Waals surface area contributed by atoms with Crippen molar-refractivity contribution in [2.24, 2.45) is 0 Å². The minimum atomic E-state index is -0.440. The second-order valence-electron chi connectivity index (χ2n) is 4.10. The number of aliphatic hydroxyl groups excluding tert-OH is 1. The topological polar surface area (TPSA) is 45.4 Å². The molecule has 4 heteroatoms. The van der Waals surface area contributed by atoms with Crippen molar-refractivity contribution >= 4 is 17.4 Å². The smallest absolute Gasteiger partial charge is 0.126 e. The summed E-state index contributed by atoms with van der Waals surface area (Å²) in [5, 5.41) is 15.1. The van der Waals surface area contributed by atoms with Crippen molar-refractivity contribution in [1.82, 2.24) is 5.32 Å². The van der Waals surface area contributed by atoms with E-state index in [2.05, 4.69) is 5.32 Å². The molecule has 2 aromatic rings. The Kier molecular flexibility index (Phi) is 4.75. The molecule has 0 spiro atoms. The molecule has 0 saturated carbocycles. The van der Waals surface area contributed by atoms with Gasteiger partial charge in [-0.15, -0.1) is 11.3 Å². The summed E-state index contributed by atoms with van der Waals surface area (Å²) >= 11 is 1.57. The lowest BCUT2D eigenvalue weighted by atomic mass is 10.2. The van der Waals surface area contributed by atoms with Crippen LogP contribution in [0, 0.1) is 0 Å². The zero-order valence-corrected chi connectivity index (χ0v) is 11.1. The summed E-state index contributed by atoms with van der Waals surface area (Å²) in [6.45, 7) is 2.59. The maximum Gasteiger partial charge on any atom is 0.126 e. The van der Waals surface area contributed by atoms with Gasteiger partial charge in [0.1, 0.15) is 11.9 Å². The molecule has 2 N–H and O–H groups in total. The monoisotopic (exact) mass is 263 g/mol. The first kappa shape index (κ1) is 13.1. The Hall–Kier alpha value is -1.36. The number of furan rings is 1. The van der Waals surface area contributed by atoms with Crippen LogP contribution in [-0.2, 0) is 0 Å². The lowest BCUT2D eigenvalue weighted by Gasteiger charge is -2.13. The van der Waals surface area contributed by atoms with Gasteiger partial charge in [-0.3, -0.25) is 0 Å². The van der Waals surface area contributed by atoms with Crippen molar-refractivity contribution in [3.8, 4) is 0 Å². The van der Waals surface area contributed by atoms with Crippen molar-refractivity contribution in [3.05, 3.63) is 52.6 Å². The number of aliphatic hydroxyl groups is 1. The largest absolute Gasteiger partial charge is 0.465 e. The first-order valence-electron chi connectivity index (χ1n) is 5.92. The average Bonchev–Trinajstić information content (AvgIpc) is 3.05. The van der Waals surface area contributed by atoms with Crippen molar-refractivity contribution in [2.75, 3.05) is 6.54 Å². The maximum atomic E-state index is 9.92. The highest BCUT2D eigenvalue weighted by atomic mass is 32.1. The quantitative estimate of drug-likeness (QED) is 0.842. The molecular formula is C14H17NO2S. The highest BCUT2D eigenvalue weighted by Gasteiger charge is 2.08. The van der Waals surface area contributed by atoms with E-state index in [1.165, 1.54) is 0 Å². The third-order valence-electron chi connectivity index (χ3n) is 2.60. The fraction of sp³-hybridized carbons (Fsp3) is 0.286. The van der Waals surface area contributed by atoms with E-state index in [4.69, 9.17) is 4.42 Å². The van der Waals surface area contributed by atoms with E-state index in [-0.39, 0.29) is 6.04 Å². The fourth-order valence-electron chi connectivity index (χ4n) is 1.57. The molecule has 2 atom stereocenters. The number of hydrogen-bond acceptors (Lipinski definition) is 4. The molecular weight excluding hydrogens is 246 g/mol. The van der Waals surface area contributed by atoms with Gasteiger partial charge < -0.3 is 14.8 Å². The van der Waals surface area contributed by atoms with E-state index in [0.29, 0.717) is 6.54 Å². The predicted octanol–water partition coefficient (Wildman–Crippen LogP) is 3.07. The van der Waals surface area contributed by atoms with Crippen LogP contribution in [0.25, 0.3) is 6.08 Å². The highest BCUT2D eigenvalue weighted by molar-refractivity contribution is 7.10. The van der Waals surface area contributed by atoms with Gasteiger partial charge in [-0.1, -0.05) is 12.1 Å². The zero-order chi connectivity index (χ0) is 12.8. The molecule has 0 aliphatic rings. The molecule has 2 rings (SSSR count). The normalized spacial score (nSPS) is 15.0. The lowest BCUT2D eigenvalue weighted by molar-refractivity contribution is 0.176. The van der Waals surface area contributed by atoms with E-state index in [1.54, 1.807) is 17.6 Å². The molecule has 96 valence electrons. The van der Waals surface area contributed by atoms with Gasteiger partial charge in [-0.25, -0.2) is 0 Å². The molecule has 0 aliphatic carbocycles. The summed E-state index contributed by atoms with van der Waals surface area (Å²) in [4.78, 5) is 0.990. The molecule has 2 unspecified atom stereocenters. The summed E-state index contributed by atoms with van der Waals surface area (Å²) < 4.78 is 5.21. The first-order valence-corrected chi connectivity index (χ1v) is 6.80. The molecule has 0 aromatic carbocycles. The molecule has 2 aromatic heterocycles. The summed E-state index contributed by atoms with van der Waals surface area (Å²) in [7, 11) is 0. The van der Waals surface area contributed by atoms with Gasteiger partial charge in [0.15, 0.2) is 0 Å². The third-order valence-corrected chi connectivity index (χ3v) is 3.57. The lowest BCUT2D eigenvalue weighted by Crippen LogP contribution is -2.28. The van der Waals surface area contributed by atoms with Crippen LogP contribution in [-0.4, -0.2) is 17.7 Å². The summed E-state index contributed by atoms with van der Waals surface area (Å²) in [6, 6.07) is 7.84. The number of hydrogen-bond donors (Lipinski definition) is 2. The van der Waals surface area contributed by atoms with Gasteiger partial charge in [-0.2, -0.15) is 0 Å². The molecule has 0 saturated heterocycles. The standard InChI is InChI=1S/C14H17NO2S/c1-11(6-7-12-4-2-8-17-12)15-10-13(16)14-5-3-9-18-14/h2-9,11,13,15-16H,10H2,1H3/b7-6+. The van der Waals surface area contributed by atoms with E-state index in [1.807, 2.05) is 48.7 Å². The van der Waals surface area contributed by atoms with Gasteiger partial charge in [0.25, 0.3) is 0 Å². The van der Waals surface area contributed by atoms with E-state index in [9.17, 15) is 5.11 Å². The Morgan fingerprint density at radius 3 is 3.00 bits per heavy atom. The van der Waals surface area contributed by atoms with Gasteiger partial charge in [0.2, 0.25) is 0 Å². The first-order chi connectivity index (χ1) is 8.75. The molecule has 0 amide bonds. The van der Waals surface area contributed by atoms with Crippen molar-refractivity contribution in [3.63, 3.8) is 0 Å². The number of nitrogens with one attached hydrogen (secondary N) is 1. The Morgan fingerprint density at radius 2 is 2.33 bits per heavy atom. The van der Waals surface area contributed by atoms with Gasteiger partial charge in [0.05, 0.1) is 6.26 Å². The fourth-order valence-corrected chi connectivity index (χ4v) is 2.28. The van der Waals surface area contributed by atoms with Crippen LogP contribution in [0.3, 0.4) is 0 Å². The number of thiophene rings is 1. The maximum absolute atomic E-state index is 9.92. The molecule has 0 bridgehead atoms. The minimum absolute atomic E-state index is 0.185. The van der Waals surface area contributed by atoms with Crippen LogP contribution >= 0.6 is 11.3 Å². The highest BCUT2D eigenvalue weighted by Crippen LogP contribution is 2.17. The Morgan fingerprint density at radius 1 is 1.44 bits per heavy atom. The zero-order valence-electron chi connectivity index (χ0n) is 10.2. The van der Waals surface area contributed by atoms with Crippen molar-refractivity contribution in [2.45, 2.75) is 19.1 Å². The van der Waals surface area contributed by atoms with Crippen LogP contribution < -0.4 is 5.32 Å². The molecule has 18 heavy (non-hydrogen) atoms. The van der Waals surface area contributed by atoms with E-state index < -0.39 is 6.10 Å². The van der Waals surface area contributed by atoms with E-state index >= 15 is 0 Å². The Labute approximate surface area is 111 Å². The molecule has 3 nitrogen and oxygen atoms in total. The second-order valence-corrected chi connectivity index (χ2v) is 5.08. The van der Waals surface area contributed by atoms with Gasteiger partial charge >= 0.3 is 0 Å². The second kappa shape index (κ2) is 6.54. The molecule has 0 aliphatic heterocycles. The number of rotatable bonds is 6. The SMILES string of the molecule is CC(/C=C/c1ccco1)NCC(O)c1cccs1. The van der Waals surface area contributed by atoms with Crippen molar-refractivity contribution < 1.29 is 9.52 Å². The molecule has 2 heterocycles. The van der Waals surface area contributed by atoms with Gasteiger partial charge in [-0.05, 0) is 36.6 Å². The summed E-state index contributed by atoms with van der Waals surface area (Å²) in [6.07, 6.45) is 5.15. The Bertz CT molecular complexity index is 462. The van der Waals surface area contributed by atoms with Crippen LogP contribution in [0.4, 0.5) is 0 Å². The Balaban J connectivity index is 1.76. The molecule has 0 radical (unpaired) electrons.